The van der Waals surface area contributed by atoms with E-state index in [2.05, 4.69) is 10.2 Å². The van der Waals surface area contributed by atoms with Gasteiger partial charge >= 0.3 is 0 Å². The van der Waals surface area contributed by atoms with Crippen LogP contribution in [-0.2, 0) is 0 Å². The Labute approximate surface area is 141 Å². The number of hydrogen-bond donors (Lipinski definition) is 1. The summed E-state index contributed by atoms with van der Waals surface area (Å²) in [5, 5.41) is 14.0. The van der Waals surface area contributed by atoms with E-state index in [-0.39, 0.29) is 24.0 Å². The third-order valence-electron chi connectivity index (χ3n) is 4.44. The normalized spacial score (nSPS) is 21.7. The molecule has 1 aromatic carbocycles. The SMILES string of the molecule is Cl.O=C(c1ccc([N+](=O)[O-])cc1)N1CCC(N2CCNCC2)C1. The Bertz CT molecular complexity index is 560. The zero-order valence-electron chi connectivity index (χ0n) is 12.8. The van der Waals surface area contributed by atoms with Crippen LogP contribution in [0.3, 0.4) is 0 Å². The molecule has 1 amide bonds. The van der Waals surface area contributed by atoms with Crippen molar-refractivity contribution in [3.63, 3.8) is 0 Å². The van der Waals surface area contributed by atoms with Gasteiger partial charge in [0.1, 0.15) is 0 Å². The number of amides is 1. The highest BCUT2D eigenvalue weighted by molar-refractivity contribution is 5.94. The molecule has 0 bridgehead atoms. The fourth-order valence-electron chi connectivity index (χ4n) is 3.18. The summed E-state index contributed by atoms with van der Waals surface area (Å²) in [5.74, 6) is -0.0347. The van der Waals surface area contributed by atoms with Crippen LogP contribution in [0.25, 0.3) is 0 Å². The molecule has 0 aliphatic carbocycles. The Balaban J connectivity index is 0.00000192. The van der Waals surface area contributed by atoms with Crippen LogP contribution in [0.4, 0.5) is 5.69 Å². The third kappa shape index (κ3) is 3.99. The predicted octanol–water partition coefficient (Wildman–Crippen LogP) is 1.14. The summed E-state index contributed by atoms with van der Waals surface area (Å²) < 4.78 is 0. The average molecular weight is 341 g/mol. The van der Waals surface area contributed by atoms with Gasteiger partial charge in [-0.05, 0) is 18.6 Å². The fraction of sp³-hybridized carbons (Fsp3) is 0.533. The Kier molecular flexibility index (Phi) is 5.92. The van der Waals surface area contributed by atoms with E-state index in [1.54, 1.807) is 12.1 Å². The molecule has 0 radical (unpaired) electrons. The highest BCUT2D eigenvalue weighted by Crippen LogP contribution is 2.20. The van der Waals surface area contributed by atoms with Crippen LogP contribution in [-0.4, -0.2) is 65.9 Å². The van der Waals surface area contributed by atoms with Gasteiger partial charge in [0, 0.05) is 63.0 Å². The minimum atomic E-state index is -0.454. The maximum atomic E-state index is 12.5. The van der Waals surface area contributed by atoms with Gasteiger partial charge in [-0.2, -0.15) is 0 Å². The monoisotopic (exact) mass is 340 g/mol. The molecular weight excluding hydrogens is 320 g/mol. The van der Waals surface area contributed by atoms with Crippen molar-refractivity contribution in [2.75, 3.05) is 39.3 Å². The van der Waals surface area contributed by atoms with Gasteiger partial charge in [0.2, 0.25) is 0 Å². The first-order valence-electron chi connectivity index (χ1n) is 7.63. The lowest BCUT2D eigenvalue weighted by Gasteiger charge is -2.32. The summed E-state index contributed by atoms with van der Waals surface area (Å²) >= 11 is 0. The summed E-state index contributed by atoms with van der Waals surface area (Å²) in [6.07, 6.45) is 0.999. The zero-order valence-corrected chi connectivity index (χ0v) is 13.6. The van der Waals surface area contributed by atoms with Crippen LogP contribution in [0.2, 0.25) is 0 Å². The summed E-state index contributed by atoms with van der Waals surface area (Å²) in [4.78, 5) is 27.0. The summed E-state index contributed by atoms with van der Waals surface area (Å²) in [5.41, 5.74) is 0.531. The number of non-ortho nitro benzene ring substituents is 1. The van der Waals surface area contributed by atoms with Crippen molar-refractivity contribution >= 4 is 24.0 Å². The minimum absolute atomic E-state index is 0. The number of nitrogens with one attached hydrogen (secondary N) is 1. The molecule has 23 heavy (non-hydrogen) atoms. The van der Waals surface area contributed by atoms with E-state index in [9.17, 15) is 14.9 Å². The molecule has 1 N–H and O–H groups in total. The van der Waals surface area contributed by atoms with E-state index in [1.165, 1.54) is 12.1 Å². The van der Waals surface area contributed by atoms with E-state index < -0.39 is 4.92 Å². The van der Waals surface area contributed by atoms with Crippen molar-refractivity contribution in [2.24, 2.45) is 0 Å². The van der Waals surface area contributed by atoms with Crippen molar-refractivity contribution in [1.82, 2.24) is 15.1 Å². The second kappa shape index (κ2) is 7.72. The molecule has 0 spiro atoms. The van der Waals surface area contributed by atoms with Crippen molar-refractivity contribution < 1.29 is 9.72 Å². The third-order valence-corrected chi connectivity index (χ3v) is 4.44. The van der Waals surface area contributed by atoms with Crippen molar-refractivity contribution in [2.45, 2.75) is 12.5 Å². The van der Waals surface area contributed by atoms with Crippen LogP contribution in [0.15, 0.2) is 24.3 Å². The smallest absolute Gasteiger partial charge is 0.269 e. The molecule has 0 saturated carbocycles. The van der Waals surface area contributed by atoms with Crippen LogP contribution in [0, 0.1) is 10.1 Å². The first-order chi connectivity index (χ1) is 10.6. The number of nitro groups is 1. The van der Waals surface area contributed by atoms with Crippen LogP contribution >= 0.6 is 12.4 Å². The molecule has 1 aromatic rings. The maximum Gasteiger partial charge on any atom is 0.269 e. The molecule has 8 heteroatoms. The second-order valence-electron chi connectivity index (χ2n) is 5.78. The lowest BCUT2D eigenvalue weighted by molar-refractivity contribution is -0.384. The number of rotatable bonds is 3. The van der Waals surface area contributed by atoms with Crippen LogP contribution < -0.4 is 5.32 Å². The van der Waals surface area contributed by atoms with E-state index in [0.717, 1.165) is 45.7 Å². The van der Waals surface area contributed by atoms with Gasteiger partial charge in [0.25, 0.3) is 11.6 Å². The highest BCUT2D eigenvalue weighted by atomic mass is 35.5. The molecule has 2 aliphatic rings. The van der Waals surface area contributed by atoms with Gasteiger partial charge in [-0.25, -0.2) is 0 Å². The number of hydrogen-bond acceptors (Lipinski definition) is 5. The van der Waals surface area contributed by atoms with Gasteiger partial charge in [0.05, 0.1) is 4.92 Å². The standard InChI is InChI=1S/C15H20N4O3.ClH/c20-15(12-1-3-13(4-2-12)19(21)22)18-8-5-14(11-18)17-9-6-16-7-10-17;/h1-4,14,16H,5-11H2;1H. The zero-order chi connectivity index (χ0) is 15.5. The van der Waals surface area contributed by atoms with Crippen molar-refractivity contribution in [3.05, 3.63) is 39.9 Å². The van der Waals surface area contributed by atoms with Gasteiger partial charge < -0.3 is 10.2 Å². The van der Waals surface area contributed by atoms with E-state index in [0.29, 0.717) is 11.6 Å². The number of carbonyl (C=O) groups is 1. The molecule has 7 nitrogen and oxygen atoms in total. The Hall–Kier alpha value is -1.70. The van der Waals surface area contributed by atoms with Gasteiger partial charge in [-0.15, -0.1) is 12.4 Å². The highest BCUT2D eigenvalue weighted by Gasteiger charge is 2.31. The average Bonchev–Trinajstić information content (AvgIpc) is 3.05. The van der Waals surface area contributed by atoms with E-state index >= 15 is 0 Å². The number of likely N-dealkylation sites (tertiary alicyclic amines) is 1. The molecule has 2 fully saturated rings. The molecule has 3 rings (SSSR count). The number of piperazine rings is 1. The molecule has 2 aliphatic heterocycles. The number of halogens is 1. The topological polar surface area (TPSA) is 78.7 Å². The summed E-state index contributed by atoms with van der Waals surface area (Å²) in [7, 11) is 0. The Morgan fingerprint density at radius 2 is 1.83 bits per heavy atom. The van der Waals surface area contributed by atoms with E-state index in [1.807, 2.05) is 4.90 Å². The number of nitrogens with zero attached hydrogens (tertiary/aromatic N) is 3. The van der Waals surface area contributed by atoms with E-state index in [4.69, 9.17) is 0 Å². The fourth-order valence-corrected chi connectivity index (χ4v) is 3.18. The maximum absolute atomic E-state index is 12.5. The second-order valence-corrected chi connectivity index (χ2v) is 5.78. The van der Waals surface area contributed by atoms with Gasteiger partial charge in [-0.3, -0.25) is 19.8 Å². The number of benzene rings is 1. The molecule has 1 unspecified atom stereocenters. The minimum Gasteiger partial charge on any atom is -0.337 e. The lowest BCUT2D eigenvalue weighted by Crippen LogP contribution is -2.49. The first kappa shape index (κ1) is 17.7. The number of nitro benzene ring substituents is 1. The Morgan fingerprint density at radius 1 is 1.17 bits per heavy atom. The predicted molar refractivity (Wildman–Crippen MR) is 89.1 cm³/mol. The first-order valence-corrected chi connectivity index (χ1v) is 7.63. The van der Waals surface area contributed by atoms with Gasteiger partial charge in [0.15, 0.2) is 0 Å². The quantitative estimate of drug-likeness (QED) is 0.659. The summed E-state index contributed by atoms with van der Waals surface area (Å²) in [6.45, 7) is 5.58. The largest absolute Gasteiger partial charge is 0.337 e. The Morgan fingerprint density at radius 3 is 2.43 bits per heavy atom. The number of carbonyl (C=O) groups excluding carboxylic acids is 1. The van der Waals surface area contributed by atoms with Crippen LogP contribution in [0.1, 0.15) is 16.8 Å². The molecular formula is C15H21ClN4O3. The lowest BCUT2D eigenvalue weighted by atomic mass is 10.2. The van der Waals surface area contributed by atoms with Crippen molar-refractivity contribution in [1.29, 1.82) is 0 Å². The molecule has 2 heterocycles. The molecule has 0 aromatic heterocycles. The molecule has 1 atom stereocenters. The summed E-state index contributed by atoms with van der Waals surface area (Å²) in [6, 6.07) is 6.29. The van der Waals surface area contributed by atoms with Crippen molar-refractivity contribution in [3.8, 4) is 0 Å². The van der Waals surface area contributed by atoms with Gasteiger partial charge in [-0.1, -0.05) is 0 Å². The van der Waals surface area contributed by atoms with Crippen LogP contribution in [0.5, 0.6) is 0 Å². The molecule has 2 saturated heterocycles. The molecule has 126 valence electrons.